The standard InChI is InChI=1S/C34H36BF3N6O6/c1-23-19-25(5-10-29(23)35(47)48)32(45)39-11-17-49-18-16-43-12-14-44(15-13-43)33(46)26-4-2-3-24(20-26)30-21-31(41-22-40-30)42-27-6-8-28(9-7-27)50-34(36,37)38/h2-10,19-22,47-48H,11-18H2,1H3,(H,39,45)(H,40,41,42). The molecule has 16 heteroatoms. The van der Waals surface area contributed by atoms with Crippen LogP contribution in [0.2, 0.25) is 0 Å². The highest BCUT2D eigenvalue weighted by molar-refractivity contribution is 6.59. The molecular weight excluding hydrogens is 656 g/mol. The van der Waals surface area contributed by atoms with Crippen molar-refractivity contribution >= 4 is 35.9 Å². The molecule has 1 aromatic heterocycles. The van der Waals surface area contributed by atoms with Crippen molar-refractivity contribution in [1.82, 2.24) is 25.1 Å². The zero-order chi connectivity index (χ0) is 35.7. The summed E-state index contributed by atoms with van der Waals surface area (Å²) in [6.45, 7) is 6.02. The molecule has 4 N–H and O–H groups in total. The number of rotatable bonds is 13. The number of halogens is 3. The maximum atomic E-state index is 13.4. The Morgan fingerprint density at radius 3 is 2.38 bits per heavy atom. The van der Waals surface area contributed by atoms with Gasteiger partial charge in [-0.3, -0.25) is 14.5 Å². The van der Waals surface area contributed by atoms with Crippen LogP contribution in [0.1, 0.15) is 26.3 Å². The molecule has 12 nitrogen and oxygen atoms in total. The molecule has 2 heterocycles. The molecule has 3 aromatic carbocycles. The molecule has 0 aliphatic carbocycles. The minimum absolute atomic E-state index is 0.0931. The van der Waals surface area contributed by atoms with Crippen LogP contribution in [0, 0.1) is 6.92 Å². The van der Waals surface area contributed by atoms with Crippen LogP contribution >= 0.6 is 0 Å². The van der Waals surface area contributed by atoms with Crippen molar-refractivity contribution in [3.05, 3.63) is 95.8 Å². The van der Waals surface area contributed by atoms with Crippen molar-refractivity contribution in [2.24, 2.45) is 0 Å². The Balaban J connectivity index is 1.04. The van der Waals surface area contributed by atoms with Crippen LogP contribution in [-0.4, -0.2) is 108 Å². The Morgan fingerprint density at radius 2 is 1.68 bits per heavy atom. The number of aromatic nitrogens is 2. The number of ether oxygens (including phenoxy) is 2. The van der Waals surface area contributed by atoms with E-state index in [4.69, 9.17) is 4.74 Å². The van der Waals surface area contributed by atoms with E-state index in [0.29, 0.717) is 97.4 Å². The number of hydrogen-bond acceptors (Lipinski definition) is 10. The summed E-state index contributed by atoms with van der Waals surface area (Å²) in [5, 5.41) is 24.5. The molecular formula is C34H36BF3N6O6. The van der Waals surface area contributed by atoms with E-state index in [1.165, 1.54) is 36.7 Å². The molecule has 50 heavy (non-hydrogen) atoms. The highest BCUT2D eigenvalue weighted by Gasteiger charge is 2.31. The third-order valence-corrected chi connectivity index (χ3v) is 7.99. The lowest BCUT2D eigenvalue weighted by molar-refractivity contribution is -0.274. The summed E-state index contributed by atoms with van der Waals surface area (Å²) >= 11 is 0. The monoisotopic (exact) mass is 692 g/mol. The third kappa shape index (κ3) is 10.2. The van der Waals surface area contributed by atoms with Gasteiger partial charge < -0.3 is 35.1 Å². The summed E-state index contributed by atoms with van der Waals surface area (Å²) in [6, 6.07) is 18.8. The number of amides is 2. The summed E-state index contributed by atoms with van der Waals surface area (Å²) in [7, 11) is -1.59. The minimum Gasteiger partial charge on any atom is -0.423 e. The van der Waals surface area contributed by atoms with Crippen molar-refractivity contribution in [3.8, 4) is 17.0 Å². The van der Waals surface area contributed by atoms with E-state index in [2.05, 4.69) is 30.2 Å². The molecule has 0 bridgehead atoms. The smallest absolute Gasteiger partial charge is 0.423 e. The quantitative estimate of drug-likeness (QED) is 0.122. The lowest BCUT2D eigenvalue weighted by Crippen LogP contribution is -2.49. The predicted molar refractivity (Wildman–Crippen MR) is 180 cm³/mol. The van der Waals surface area contributed by atoms with Crippen molar-refractivity contribution in [2.45, 2.75) is 13.3 Å². The van der Waals surface area contributed by atoms with Gasteiger partial charge in [-0.15, -0.1) is 13.2 Å². The zero-order valence-corrected chi connectivity index (χ0v) is 27.2. The van der Waals surface area contributed by atoms with Crippen LogP contribution in [0.4, 0.5) is 24.7 Å². The molecule has 1 aliphatic heterocycles. The van der Waals surface area contributed by atoms with E-state index in [0.717, 1.165) is 0 Å². The number of benzene rings is 3. The fraction of sp³-hybridized carbons (Fsp3) is 0.294. The van der Waals surface area contributed by atoms with Crippen LogP contribution in [0.25, 0.3) is 11.3 Å². The molecule has 0 spiro atoms. The minimum atomic E-state index is -4.77. The van der Waals surface area contributed by atoms with Gasteiger partial charge in [-0.05, 0) is 60.9 Å². The van der Waals surface area contributed by atoms with Crippen LogP contribution in [0.15, 0.2) is 79.1 Å². The fourth-order valence-corrected chi connectivity index (χ4v) is 5.38. The number of nitrogens with one attached hydrogen (secondary N) is 2. The molecule has 262 valence electrons. The summed E-state index contributed by atoms with van der Waals surface area (Å²) < 4.78 is 46.9. The van der Waals surface area contributed by atoms with Crippen LogP contribution in [-0.2, 0) is 4.74 Å². The number of aryl methyl sites for hydroxylation is 1. The molecule has 1 aliphatic rings. The predicted octanol–water partition coefficient (Wildman–Crippen LogP) is 2.98. The number of carbonyl (C=O) groups excluding carboxylic acids is 2. The first-order valence-electron chi connectivity index (χ1n) is 15.8. The molecule has 0 atom stereocenters. The average Bonchev–Trinajstić information content (AvgIpc) is 3.10. The van der Waals surface area contributed by atoms with Gasteiger partial charge in [0.25, 0.3) is 11.8 Å². The lowest BCUT2D eigenvalue weighted by Gasteiger charge is -2.34. The van der Waals surface area contributed by atoms with Crippen molar-refractivity contribution < 1.29 is 42.3 Å². The highest BCUT2D eigenvalue weighted by Crippen LogP contribution is 2.26. The third-order valence-electron chi connectivity index (χ3n) is 7.99. The number of anilines is 2. The Hall–Kier alpha value is -5.03. The maximum absolute atomic E-state index is 13.4. The van der Waals surface area contributed by atoms with E-state index in [-0.39, 0.29) is 17.6 Å². The summed E-state index contributed by atoms with van der Waals surface area (Å²) in [5.74, 6) is -0.277. The number of alkyl halides is 3. The van der Waals surface area contributed by atoms with E-state index in [1.54, 1.807) is 48.2 Å². The second kappa shape index (κ2) is 16.6. The van der Waals surface area contributed by atoms with Gasteiger partial charge in [0.05, 0.1) is 18.9 Å². The molecule has 0 saturated carbocycles. The van der Waals surface area contributed by atoms with E-state index in [1.807, 2.05) is 6.07 Å². The Labute approximate surface area is 287 Å². The maximum Gasteiger partial charge on any atom is 0.573 e. The van der Waals surface area contributed by atoms with Crippen LogP contribution in [0.5, 0.6) is 5.75 Å². The molecule has 5 rings (SSSR count). The van der Waals surface area contributed by atoms with Gasteiger partial charge in [-0.25, -0.2) is 9.97 Å². The summed E-state index contributed by atoms with van der Waals surface area (Å²) in [5.41, 5.74) is 3.68. The SMILES string of the molecule is Cc1cc(C(=O)NCCOCCN2CCN(C(=O)c3cccc(-c4cc(Nc5ccc(OC(F)(F)F)cc5)ncn4)c3)CC2)ccc1B(O)O. The normalized spacial score (nSPS) is 13.5. The first-order valence-corrected chi connectivity index (χ1v) is 15.8. The Kier molecular flexibility index (Phi) is 12.0. The number of hydrogen-bond donors (Lipinski definition) is 4. The van der Waals surface area contributed by atoms with E-state index in [9.17, 15) is 32.8 Å². The fourth-order valence-electron chi connectivity index (χ4n) is 5.38. The van der Waals surface area contributed by atoms with Gasteiger partial charge in [0.15, 0.2) is 0 Å². The molecule has 2 amide bonds. The Morgan fingerprint density at radius 1 is 0.920 bits per heavy atom. The van der Waals surface area contributed by atoms with Crippen LogP contribution in [0.3, 0.4) is 0 Å². The highest BCUT2D eigenvalue weighted by atomic mass is 19.4. The van der Waals surface area contributed by atoms with Gasteiger partial charge in [-0.2, -0.15) is 0 Å². The van der Waals surface area contributed by atoms with Gasteiger partial charge in [-0.1, -0.05) is 23.8 Å². The van der Waals surface area contributed by atoms with Gasteiger partial charge in [0.2, 0.25) is 0 Å². The molecule has 4 aromatic rings. The lowest BCUT2D eigenvalue weighted by atomic mass is 9.77. The summed E-state index contributed by atoms with van der Waals surface area (Å²) in [6.07, 6.45) is -3.41. The second-order valence-corrected chi connectivity index (χ2v) is 11.5. The van der Waals surface area contributed by atoms with Crippen molar-refractivity contribution in [1.29, 1.82) is 0 Å². The van der Waals surface area contributed by atoms with Gasteiger partial charge in [0.1, 0.15) is 17.9 Å². The Bertz CT molecular complexity index is 1770. The van der Waals surface area contributed by atoms with Gasteiger partial charge >= 0.3 is 13.5 Å². The van der Waals surface area contributed by atoms with Crippen molar-refractivity contribution in [2.75, 3.05) is 57.8 Å². The zero-order valence-electron chi connectivity index (χ0n) is 27.2. The van der Waals surface area contributed by atoms with Gasteiger partial charge in [0, 0.05) is 67.7 Å². The average molecular weight is 693 g/mol. The topological polar surface area (TPSA) is 149 Å². The number of nitrogens with zero attached hydrogens (tertiary/aromatic N) is 4. The molecule has 0 unspecified atom stereocenters. The molecule has 0 radical (unpaired) electrons. The van der Waals surface area contributed by atoms with E-state index >= 15 is 0 Å². The first kappa shape index (κ1) is 36.3. The second-order valence-electron chi connectivity index (χ2n) is 11.5. The molecule has 1 saturated heterocycles. The number of piperazine rings is 1. The number of carbonyl (C=O) groups is 2. The summed E-state index contributed by atoms with van der Waals surface area (Å²) in [4.78, 5) is 38.3. The van der Waals surface area contributed by atoms with E-state index < -0.39 is 13.5 Å². The first-order chi connectivity index (χ1) is 23.9. The van der Waals surface area contributed by atoms with Crippen LogP contribution < -0.4 is 20.8 Å². The molecule has 1 fully saturated rings. The van der Waals surface area contributed by atoms with Crippen molar-refractivity contribution in [3.63, 3.8) is 0 Å². The largest absolute Gasteiger partial charge is 0.573 e.